The number of ether oxygens (including phenoxy) is 1. The van der Waals surface area contributed by atoms with E-state index in [9.17, 15) is 13.2 Å². The van der Waals surface area contributed by atoms with E-state index >= 15 is 0 Å². The average Bonchev–Trinajstić information content (AvgIpc) is 1.98. The van der Waals surface area contributed by atoms with Gasteiger partial charge in [0.2, 0.25) is 0 Å². The Bertz CT molecular complexity index is 242. The van der Waals surface area contributed by atoms with E-state index in [1.54, 1.807) is 6.92 Å². The van der Waals surface area contributed by atoms with Crippen molar-refractivity contribution in [2.75, 3.05) is 6.61 Å². The van der Waals surface area contributed by atoms with E-state index in [0.29, 0.717) is 11.3 Å². The summed E-state index contributed by atoms with van der Waals surface area (Å²) in [4.78, 5) is 0. The predicted molar refractivity (Wildman–Crippen MR) is 43.1 cm³/mol. The van der Waals surface area contributed by atoms with Gasteiger partial charge in [-0.05, 0) is 32.8 Å². The molecule has 0 fully saturated rings. The minimum Gasteiger partial charge on any atom is -0.498 e. The van der Waals surface area contributed by atoms with Crippen molar-refractivity contribution in [1.82, 2.24) is 0 Å². The summed E-state index contributed by atoms with van der Waals surface area (Å²) < 4.78 is 43.0. The fourth-order valence-electron chi connectivity index (χ4n) is 1.45. The van der Waals surface area contributed by atoms with Crippen molar-refractivity contribution >= 4 is 0 Å². The highest BCUT2D eigenvalue weighted by molar-refractivity contribution is 5.19. The molecule has 0 N–H and O–H groups in total. The molecular weight excluding hydrogens is 181 g/mol. The van der Waals surface area contributed by atoms with E-state index in [1.165, 1.54) is 13.8 Å². The fourth-order valence-corrected chi connectivity index (χ4v) is 1.45. The lowest BCUT2D eigenvalue weighted by Crippen LogP contribution is -2.40. The van der Waals surface area contributed by atoms with Crippen LogP contribution in [-0.2, 0) is 4.74 Å². The Kier molecular flexibility index (Phi) is 2.34. The normalized spacial score (nSPS) is 30.3. The van der Waals surface area contributed by atoms with Gasteiger partial charge in [0.15, 0.2) is 0 Å². The van der Waals surface area contributed by atoms with Crippen LogP contribution >= 0.6 is 0 Å². The third-order valence-corrected chi connectivity index (χ3v) is 2.90. The number of halogens is 3. The fraction of sp³-hybridized carbons (Fsp3) is 0.778. The number of allylic oxidation sites excluding steroid dienone is 2. The van der Waals surface area contributed by atoms with E-state index in [1.807, 2.05) is 0 Å². The van der Waals surface area contributed by atoms with Crippen molar-refractivity contribution in [2.24, 2.45) is 5.41 Å². The third kappa shape index (κ3) is 1.54. The lowest BCUT2D eigenvalue weighted by Gasteiger charge is -2.37. The molecule has 1 aliphatic heterocycles. The first-order valence-corrected chi connectivity index (χ1v) is 4.16. The van der Waals surface area contributed by atoms with Crippen LogP contribution in [-0.4, -0.2) is 12.8 Å². The maximum atomic E-state index is 12.7. The molecule has 0 radical (unpaired) electrons. The molecule has 1 nitrogen and oxygen atoms in total. The van der Waals surface area contributed by atoms with Crippen LogP contribution < -0.4 is 0 Å². The van der Waals surface area contributed by atoms with Gasteiger partial charge >= 0.3 is 6.18 Å². The van der Waals surface area contributed by atoms with Crippen molar-refractivity contribution < 1.29 is 17.9 Å². The summed E-state index contributed by atoms with van der Waals surface area (Å²) in [6.45, 7) is 4.45. The molecule has 4 heteroatoms. The van der Waals surface area contributed by atoms with Gasteiger partial charge in [0.1, 0.15) is 0 Å². The molecule has 13 heavy (non-hydrogen) atoms. The van der Waals surface area contributed by atoms with Crippen molar-refractivity contribution in [3.63, 3.8) is 0 Å². The summed E-state index contributed by atoms with van der Waals surface area (Å²) in [7, 11) is 0. The molecule has 0 aromatic heterocycles. The first-order chi connectivity index (χ1) is 5.79. The Morgan fingerprint density at radius 3 is 2.23 bits per heavy atom. The molecule has 0 aromatic carbocycles. The number of rotatable bonds is 0. The third-order valence-electron chi connectivity index (χ3n) is 2.90. The zero-order chi connectivity index (χ0) is 10.3. The standard InChI is InChI=1S/C9H13F3O/c1-6-7(2)13-5-4-8(6,3)9(10,11)12/h4-5H2,1-3H3. The van der Waals surface area contributed by atoms with Crippen molar-refractivity contribution in [3.8, 4) is 0 Å². The first kappa shape index (κ1) is 10.4. The van der Waals surface area contributed by atoms with Crippen LogP contribution in [0.4, 0.5) is 13.2 Å². The minimum absolute atomic E-state index is 0.0136. The Balaban J connectivity index is 3.10. The van der Waals surface area contributed by atoms with E-state index in [-0.39, 0.29) is 13.0 Å². The summed E-state index contributed by atoms with van der Waals surface area (Å²) in [5.41, 5.74) is -1.40. The molecular formula is C9H13F3O. The van der Waals surface area contributed by atoms with Crippen LogP contribution in [0.15, 0.2) is 11.3 Å². The topological polar surface area (TPSA) is 9.23 Å². The Labute approximate surface area is 75.6 Å². The van der Waals surface area contributed by atoms with Gasteiger partial charge in [0.05, 0.1) is 17.8 Å². The second-order valence-corrected chi connectivity index (χ2v) is 3.61. The smallest absolute Gasteiger partial charge is 0.398 e. The van der Waals surface area contributed by atoms with Crippen LogP contribution in [0.25, 0.3) is 0 Å². The SMILES string of the molecule is CC1=C(C)C(C)(C(F)(F)F)CCO1. The molecule has 0 saturated carbocycles. The van der Waals surface area contributed by atoms with E-state index in [0.717, 1.165) is 0 Å². The Hall–Kier alpha value is -0.670. The number of hydrogen-bond acceptors (Lipinski definition) is 1. The molecule has 0 amide bonds. The van der Waals surface area contributed by atoms with Crippen LogP contribution in [0.3, 0.4) is 0 Å². The summed E-state index contributed by atoms with van der Waals surface area (Å²) >= 11 is 0. The Morgan fingerprint density at radius 2 is 1.85 bits per heavy atom. The maximum Gasteiger partial charge on any atom is 0.398 e. The molecule has 0 bridgehead atoms. The van der Waals surface area contributed by atoms with Gasteiger partial charge in [0.25, 0.3) is 0 Å². The van der Waals surface area contributed by atoms with Gasteiger partial charge in [0, 0.05) is 0 Å². The molecule has 0 saturated heterocycles. The lowest BCUT2D eigenvalue weighted by atomic mass is 9.77. The van der Waals surface area contributed by atoms with Gasteiger partial charge in [-0.2, -0.15) is 13.2 Å². The van der Waals surface area contributed by atoms with E-state index in [2.05, 4.69) is 0 Å². The zero-order valence-corrected chi connectivity index (χ0v) is 7.96. The van der Waals surface area contributed by atoms with Crippen LogP contribution in [0, 0.1) is 5.41 Å². The quantitative estimate of drug-likeness (QED) is 0.575. The molecule has 1 rings (SSSR count). The van der Waals surface area contributed by atoms with E-state index in [4.69, 9.17) is 4.74 Å². The van der Waals surface area contributed by atoms with Crippen LogP contribution in [0.5, 0.6) is 0 Å². The van der Waals surface area contributed by atoms with Crippen LogP contribution in [0.2, 0.25) is 0 Å². The maximum absolute atomic E-state index is 12.7. The number of alkyl halides is 3. The second kappa shape index (κ2) is 2.93. The number of hydrogen-bond donors (Lipinski definition) is 0. The summed E-state index contributed by atoms with van der Waals surface area (Å²) in [5, 5.41) is 0. The highest BCUT2D eigenvalue weighted by Crippen LogP contribution is 2.49. The van der Waals surface area contributed by atoms with Gasteiger partial charge in [-0.15, -0.1) is 0 Å². The molecule has 0 aliphatic carbocycles. The van der Waals surface area contributed by atoms with Gasteiger partial charge in [-0.25, -0.2) is 0 Å². The van der Waals surface area contributed by atoms with Crippen molar-refractivity contribution in [2.45, 2.75) is 33.4 Å². The van der Waals surface area contributed by atoms with Crippen molar-refractivity contribution in [1.29, 1.82) is 0 Å². The van der Waals surface area contributed by atoms with Gasteiger partial charge < -0.3 is 4.74 Å². The molecule has 76 valence electrons. The molecule has 1 heterocycles. The van der Waals surface area contributed by atoms with Crippen LogP contribution in [0.1, 0.15) is 27.2 Å². The first-order valence-electron chi connectivity index (χ1n) is 4.16. The minimum atomic E-state index is -4.18. The molecule has 1 aliphatic rings. The van der Waals surface area contributed by atoms with Gasteiger partial charge in [-0.3, -0.25) is 0 Å². The Morgan fingerprint density at radius 1 is 1.31 bits per heavy atom. The monoisotopic (exact) mass is 194 g/mol. The zero-order valence-electron chi connectivity index (χ0n) is 7.96. The molecule has 0 aromatic rings. The molecule has 0 spiro atoms. The highest BCUT2D eigenvalue weighted by Gasteiger charge is 2.53. The molecule has 1 atom stereocenters. The largest absolute Gasteiger partial charge is 0.498 e. The second-order valence-electron chi connectivity index (χ2n) is 3.61. The van der Waals surface area contributed by atoms with Gasteiger partial charge in [-0.1, -0.05) is 0 Å². The van der Waals surface area contributed by atoms with E-state index < -0.39 is 11.6 Å². The predicted octanol–water partition coefficient (Wildman–Crippen LogP) is 3.27. The highest BCUT2D eigenvalue weighted by atomic mass is 19.4. The lowest BCUT2D eigenvalue weighted by molar-refractivity contribution is -0.213. The summed E-state index contributed by atoms with van der Waals surface area (Å²) in [6.07, 6.45) is -4.16. The summed E-state index contributed by atoms with van der Waals surface area (Å²) in [5.74, 6) is 0.408. The molecule has 1 unspecified atom stereocenters. The van der Waals surface area contributed by atoms with Crippen molar-refractivity contribution in [3.05, 3.63) is 11.3 Å². The summed E-state index contributed by atoms with van der Waals surface area (Å²) in [6, 6.07) is 0. The average molecular weight is 194 g/mol.